The Hall–Kier alpha value is -0.210. The fourth-order valence-corrected chi connectivity index (χ4v) is 2.53. The summed E-state index contributed by atoms with van der Waals surface area (Å²) in [5, 5.41) is 9.18. The van der Waals surface area contributed by atoms with Crippen molar-refractivity contribution in [1.82, 2.24) is 9.03 Å². The molecule has 0 aliphatic carbocycles. The fraction of sp³-hybridized carbons (Fsp3) is 1.00. The summed E-state index contributed by atoms with van der Waals surface area (Å²) >= 11 is 0. The highest BCUT2D eigenvalue weighted by molar-refractivity contribution is 7.87. The molecule has 1 fully saturated rings. The van der Waals surface area contributed by atoms with E-state index in [1.807, 2.05) is 0 Å². The second-order valence-electron chi connectivity index (χ2n) is 3.19. The van der Waals surface area contributed by atoms with E-state index in [1.165, 1.54) is 11.4 Å². The van der Waals surface area contributed by atoms with Gasteiger partial charge in [0.15, 0.2) is 0 Å². The van der Waals surface area contributed by atoms with Crippen molar-refractivity contribution in [3.05, 3.63) is 0 Å². The zero-order valence-electron chi connectivity index (χ0n) is 8.14. The molecule has 1 atom stereocenters. The van der Waals surface area contributed by atoms with Crippen molar-refractivity contribution in [2.45, 2.75) is 12.5 Å². The summed E-state index contributed by atoms with van der Waals surface area (Å²) in [6.07, 6.45) is -0.0282. The minimum Gasteiger partial charge on any atom is -0.392 e. The van der Waals surface area contributed by atoms with Crippen LogP contribution in [0, 0.1) is 0 Å². The molecule has 1 heterocycles. The number of ether oxygens (including phenoxy) is 1. The number of aliphatic hydroxyl groups excluding tert-OH is 1. The molecule has 0 aromatic rings. The average Bonchev–Trinajstić information content (AvgIpc) is 2.53. The van der Waals surface area contributed by atoms with E-state index >= 15 is 0 Å². The number of nitrogens with one attached hydrogen (secondary N) is 1. The van der Waals surface area contributed by atoms with Crippen molar-refractivity contribution in [1.29, 1.82) is 0 Å². The Kier molecular flexibility index (Phi) is 4.27. The van der Waals surface area contributed by atoms with Crippen molar-refractivity contribution in [3.63, 3.8) is 0 Å². The predicted molar refractivity (Wildman–Crippen MR) is 51.0 cm³/mol. The van der Waals surface area contributed by atoms with E-state index in [0.717, 1.165) is 0 Å². The molecule has 2 N–H and O–H groups in total. The number of β-amino-alcohol motifs (C(OH)–C–C–N with tert-alkyl or cyclic N) is 1. The first-order valence-corrected chi connectivity index (χ1v) is 5.92. The van der Waals surface area contributed by atoms with Crippen LogP contribution in [-0.4, -0.2) is 57.3 Å². The van der Waals surface area contributed by atoms with Crippen molar-refractivity contribution in [3.8, 4) is 0 Å². The molecule has 0 unspecified atom stereocenters. The molecule has 0 amide bonds. The monoisotopic (exact) mass is 224 g/mol. The maximum Gasteiger partial charge on any atom is 0.279 e. The van der Waals surface area contributed by atoms with Gasteiger partial charge in [0.05, 0.1) is 12.7 Å². The quantitative estimate of drug-likeness (QED) is 0.559. The molecule has 14 heavy (non-hydrogen) atoms. The van der Waals surface area contributed by atoms with Gasteiger partial charge in [-0.05, 0) is 6.42 Å². The van der Waals surface area contributed by atoms with Gasteiger partial charge in [-0.2, -0.15) is 17.4 Å². The van der Waals surface area contributed by atoms with E-state index in [9.17, 15) is 13.5 Å². The Morgan fingerprint density at radius 2 is 2.36 bits per heavy atom. The first kappa shape index (κ1) is 11.9. The van der Waals surface area contributed by atoms with E-state index < -0.39 is 16.3 Å². The summed E-state index contributed by atoms with van der Waals surface area (Å²) in [6.45, 7) is 1.16. The molecular formula is C7H16N2O4S. The number of aliphatic hydroxyl groups is 1. The van der Waals surface area contributed by atoms with Gasteiger partial charge >= 0.3 is 0 Å². The van der Waals surface area contributed by atoms with E-state index in [-0.39, 0.29) is 13.1 Å². The lowest BCUT2D eigenvalue weighted by atomic mass is 10.3. The molecular weight excluding hydrogens is 208 g/mol. The van der Waals surface area contributed by atoms with Gasteiger partial charge in [0.1, 0.15) is 0 Å². The van der Waals surface area contributed by atoms with Crippen LogP contribution in [0.2, 0.25) is 0 Å². The van der Waals surface area contributed by atoms with Gasteiger partial charge in [-0.25, -0.2) is 0 Å². The zero-order valence-corrected chi connectivity index (χ0v) is 8.96. The standard InChI is InChI=1S/C7H16N2O4S/c1-13-5-3-8-14(11,12)9-4-2-7(10)6-9/h7-8,10H,2-6H2,1H3/t7-/m1/s1. The SMILES string of the molecule is COCCNS(=O)(=O)N1CC[C@@H](O)C1. The summed E-state index contributed by atoms with van der Waals surface area (Å²) in [5.41, 5.74) is 0. The third-order valence-corrected chi connectivity index (χ3v) is 3.64. The molecule has 0 aromatic heterocycles. The van der Waals surface area contributed by atoms with E-state index in [0.29, 0.717) is 19.6 Å². The van der Waals surface area contributed by atoms with Crippen LogP contribution in [0.25, 0.3) is 0 Å². The van der Waals surface area contributed by atoms with Crippen LogP contribution in [0.3, 0.4) is 0 Å². The van der Waals surface area contributed by atoms with Gasteiger partial charge in [-0.3, -0.25) is 0 Å². The smallest absolute Gasteiger partial charge is 0.279 e. The van der Waals surface area contributed by atoms with Crippen LogP contribution in [-0.2, 0) is 14.9 Å². The third-order valence-electron chi connectivity index (χ3n) is 2.06. The summed E-state index contributed by atoms with van der Waals surface area (Å²) in [6, 6.07) is 0. The first-order chi connectivity index (χ1) is 6.56. The van der Waals surface area contributed by atoms with Crippen molar-refractivity contribution < 1.29 is 18.3 Å². The Bertz CT molecular complexity index is 267. The molecule has 1 saturated heterocycles. The number of rotatable bonds is 5. The lowest BCUT2D eigenvalue weighted by Gasteiger charge is -2.15. The third kappa shape index (κ3) is 3.18. The average molecular weight is 224 g/mol. The highest BCUT2D eigenvalue weighted by Crippen LogP contribution is 2.11. The maximum atomic E-state index is 11.5. The zero-order chi connectivity index (χ0) is 10.6. The minimum absolute atomic E-state index is 0.183. The van der Waals surface area contributed by atoms with Crippen LogP contribution < -0.4 is 4.72 Å². The van der Waals surface area contributed by atoms with Gasteiger partial charge < -0.3 is 9.84 Å². The summed E-state index contributed by atoms with van der Waals surface area (Å²) < 4.78 is 31.4. The predicted octanol–water partition coefficient (Wildman–Crippen LogP) is -1.47. The number of hydrogen-bond donors (Lipinski definition) is 2. The van der Waals surface area contributed by atoms with Crippen LogP contribution in [0.15, 0.2) is 0 Å². The normalized spacial score (nSPS) is 24.3. The largest absolute Gasteiger partial charge is 0.392 e. The molecule has 0 aromatic carbocycles. The molecule has 84 valence electrons. The lowest BCUT2D eigenvalue weighted by molar-refractivity contribution is 0.188. The van der Waals surface area contributed by atoms with Gasteiger partial charge in [0.2, 0.25) is 0 Å². The summed E-state index contributed by atoms with van der Waals surface area (Å²) in [7, 11) is -1.91. The Labute approximate surface area is 84.0 Å². The molecule has 0 bridgehead atoms. The number of methoxy groups -OCH3 is 1. The van der Waals surface area contributed by atoms with Crippen molar-refractivity contribution in [2.75, 3.05) is 33.4 Å². The minimum atomic E-state index is -3.42. The van der Waals surface area contributed by atoms with Crippen molar-refractivity contribution in [2.24, 2.45) is 0 Å². The van der Waals surface area contributed by atoms with E-state index in [4.69, 9.17) is 4.74 Å². The first-order valence-electron chi connectivity index (χ1n) is 4.48. The van der Waals surface area contributed by atoms with Crippen LogP contribution in [0.4, 0.5) is 0 Å². The van der Waals surface area contributed by atoms with Gasteiger partial charge in [0, 0.05) is 26.7 Å². The molecule has 6 nitrogen and oxygen atoms in total. The highest BCUT2D eigenvalue weighted by atomic mass is 32.2. The lowest BCUT2D eigenvalue weighted by Crippen LogP contribution is -2.40. The topological polar surface area (TPSA) is 78.9 Å². The second kappa shape index (κ2) is 5.04. The Balaban J connectivity index is 2.41. The molecule has 1 rings (SSSR count). The Morgan fingerprint density at radius 3 is 2.86 bits per heavy atom. The summed E-state index contributed by atoms with van der Waals surface area (Å²) in [4.78, 5) is 0. The van der Waals surface area contributed by atoms with E-state index in [1.54, 1.807) is 0 Å². The fourth-order valence-electron chi connectivity index (χ4n) is 1.29. The van der Waals surface area contributed by atoms with E-state index in [2.05, 4.69) is 4.72 Å². The summed E-state index contributed by atoms with van der Waals surface area (Å²) in [5.74, 6) is 0. The van der Waals surface area contributed by atoms with Gasteiger partial charge in [-0.1, -0.05) is 0 Å². The molecule has 0 spiro atoms. The van der Waals surface area contributed by atoms with Gasteiger partial charge in [-0.15, -0.1) is 0 Å². The van der Waals surface area contributed by atoms with Crippen LogP contribution in [0.5, 0.6) is 0 Å². The second-order valence-corrected chi connectivity index (χ2v) is 4.95. The van der Waals surface area contributed by atoms with Gasteiger partial charge in [0.25, 0.3) is 10.2 Å². The maximum absolute atomic E-state index is 11.5. The highest BCUT2D eigenvalue weighted by Gasteiger charge is 2.29. The number of hydrogen-bond acceptors (Lipinski definition) is 4. The molecule has 0 radical (unpaired) electrons. The van der Waals surface area contributed by atoms with Crippen molar-refractivity contribution >= 4 is 10.2 Å². The van der Waals surface area contributed by atoms with Crippen LogP contribution in [0.1, 0.15) is 6.42 Å². The molecule has 1 aliphatic heterocycles. The van der Waals surface area contributed by atoms with Crippen LogP contribution >= 0.6 is 0 Å². The Morgan fingerprint density at radius 1 is 1.64 bits per heavy atom. The molecule has 1 aliphatic rings. The number of nitrogens with zero attached hydrogens (tertiary/aromatic N) is 1. The molecule has 0 saturated carbocycles. The molecule has 7 heteroatoms.